The zero-order valence-corrected chi connectivity index (χ0v) is 20.4. The van der Waals surface area contributed by atoms with E-state index in [2.05, 4.69) is 10.2 Å². The number of aromatic nitrogens is 2. The van der Waals surface area contributed by atoms with Gasteiger partial charge in [0.2, 0.25) is 10.9 Å². The predicted molar refractivity (Wildman–Crippen MR) is 139 cm³/mol. The van der Waals surface area contributed by atoms with E-state index in [4.69, 9.17) is 16.0 Å². The summed E-state index contributed by atoms with van der Waals surface area (Å²) in [5, 5.41) is 9.94. The Balaban J connectivity index is 1.45. The summed E-state index contributed by atoms with van der Waals surface area (Å²) in [5.74, 6) is 0.322. The van der Waals surface area contributed by atoms with Crippen LogP contribution in [0.3, 0.4) is 0 Å². The van der Waals surface area contributed by atoms with E-state index in [1.807, 2.05) is 36.4 Å². The molecule has 0 saturated carbocycles. The summed E-state index contributed by atoms with van der Waals surface area (Å²) in [4.78, 5) is 28.7. The lowest BCUT2D eigenvalue weighted by Gasteiger charge is -2.22. The molecule has 1 aliphatic rings. The van der Waals surface area contributed by atoms with Crippen molar-refractivity contribution in [3.05, 3.63) is 117 Å². The molecule has 6 nitrogen and oxygen atoms in total. The highest BCUT2D eigenvalue weighted by Crippen LogP contribution is 2.43. The molecule has 1 atom stereocenters. The normalized spacial score (nSPS) is 15.1. The van der Waals surface area contributed by atoms with Crippen LogP contribution in [0.1, 0.15) is 33.3 Å². The maximum atomic E-state index is 13.6. The van der Waals surface area contributed by atoms with Gasteiger partial charge in [0, 0.05) is 10.8 Å². The molecule has 0 saturated heterocycles. The van der Waals surface area contributed by atoms with Crippen LogP contribution < -0.4 is 10.3 Å². The van der Waals surface area contributed by atoms with E-state index in [-0.39, 0.29) is 16.8 Å². The highest BCUT2D eigenvalue weighted by molar-refractivity contribution is 8.00. The van der Waals surface area contributed by atoms with Gasteiger partial charge in [-0.2, -0.15) is 0 Å². The Morgan fingerprint density at radius 3 is 2.60 bits per heavy atom. The number of anilines is 1. The molecular weight excluding hydrogens is 502 g/mol. The number of nitrogens with zero attached hydrogens (tertiary/aromatic N) is 3. The first-order chi connectivity index (χ1) is 17.1. The fourth-order valence-electron chi connectivity index (χ4n) is 4.19. The van der Waals surface area contributed by atoms with Gasteiger partial charge in [0.1, 0.15) is 5.58 Å². The second kappa shape index (κ2) is 8.96. The predicted octanol–water partition coefficient (Wildman–Crippen LogP) is 6.34. The number of carbonyl (C=O) groups is 1. The summed E-state index contributed by atoms with van der Waals surface area (Å²) >= 11 is 9.13. The molecule has 3 aromatic carbocycles. The number of thioether (sulfide) groups is 1. The van der Waals surface area contributed by atoms with E-state index >= 15 is 0 Å². The van der Waals surface area contributed by atoms with Crippen molar-refractivity contribution in [3.8, 4) is 0 Å². The van der Waals surface area contributed by atoms with Gasteiger partial charge in [-0.25, -0.2) is 0 Å². The molecule has 0 fully saturated rings. The lowest BCUT2D eigenvalue weighted by molar-refractivity contribution is 0.0970. The summed E-state index contributed by atoms with van der Waals surface area (Å²) in [7, 11) is 0. The van der Waals surface area contributed by atoms with Crippen LogP contribution in [0.5, 0.6) is 0 Å². The van der Waals surface area contributed by atoms with Crippen molar-refractivity contribution < 1.29 is 9.21 Å². The Labute approximate surface area is 213 Å². The van der Waals surface area contributed by atoms with Crippen LogP contribution in [0.2, 0.25) is 5.02 Å². The monoisotopic (exact) mass is 517 g/mol. The van der Waals surface area contributed by atoms with E-state index in [0.717, 1.165) is 15.7 Å². The van der Waals surface area contributed by atoms with Crippen LogP contribution in [-0.2, 0) is 5.75 Å². The number of halogens is 1. The maximum Gasteiger partial charge on any atom is 0.297 e. The molecule has 9 heteroatoms. The summed E-state index contributed by atoms with van der Waals surface area (Å²) in [6, 6.07) is 23.4. The molecule has 35 heavy (non-hydrogen) atoms. The second-order valence-electron chi connectivity index (χ2n) is 7.93. The molecule has 0 radical (unpaired) electrons. The minimum atomic E-state index is -0.725. The van der Waals surface area contributed by atoms with E-state index < -0.39 is 11.9 Å². The molecule has 1 unspecified atom stereocenters. The molecule has 5 aromatic rings. The van der Waals surface area contributed by atoms with Crippen molar-refractivity contribution in [1.29, 1.82) is 0 Å². The molecule has 0 aliphatic carbocycles. The van der Waals surface area contributed by atoms with Gasteiger partial charge in [0.25, 0.3) is 5.91 Å². The number of hydrogen-bond acceptors (Lipinski definition) is 7. The Kier molecular flexibility index (Phi) is 5.64. The van der Waals surface area contributed by atoms with Crippen molar-refractivity contribution in [2.24, 2.45) is 0 Å². The minimum Gasteiger partial charge on any atom is -0.450 e. The highest BCUT2D eigenvalue weighted by atomic mass is 35.5. The lowest BCUT2D eigenvalue weighted by Crippen LogP contribution is -2.29. The standard InChI is InChI=1S/C26H16ClN3O3S2/c27-17-10-6-9-16(13-17)21-20-22(31)18-11-4-5-12-19(18)33-23(20)24(32)30(21)25-28-29-26(35-25)34-14-15-7-2-1-3-8-15/h1-13,21H,14H2. The van der Waals surface area contributed by atoms with E-state index in [9.17, 15) is 9.59 Å². The molecule has 0 spiro atoms. The first-order valence-electron chi connectivity index (χ1n) is 10.7. The van der Waals surface area contributed by atoms with Crippen molar-refractivity contribution >= 4 is 56.7 Å². The Hall–Kier alpha value is -3.46. The fraction of sp³-hybridized carbons (Fsp3) is 0.0769. The summed E-state index contributed by atoms with van der Waals surface area (Å²) < 4.78 is 6.69. The largest absolute Gasteiger partial charge is 0.450 e. The zero-order valence-electron chi connectivity index (χ0n) is 18.1. The third-order valence-corrected chi connectivity index (χ3v) is 8.11. The quantitative estimate of drug-likeness (QED) is 0.200. The van der Waals surface area contributed by atoms with Crippen LogP contribution in [0.15, 0.2) is 92.4 Å². The SMILES string of the molecule is O=C1c2oc3ccccc3c(=O)c2C(c2cccc(Cl)c2)N1c1nnc(SCc2ccccc2)s1. The molecule has 1 amide bonds. The maximum absolute atomic E-state index is 13.6. The average molecular weight is 518 g/mol. The fourth-order valence-corrected chi connectivity index (χ4v) is 6.21. The zero-order chi connectivity index (χ0) is 23.9. The van der Waals surface area contributed by atoms with E-state index in [1.54, 1.807) is 54.2 Å². The van der Waals surface area contributed by atoms with Gasteiger partial charge in [0.15, 0.2) is 9.77 Å². The molecule has 2 aromatic heterocycles. The number of fused-ring (bicyclic) bond motifs is 2. The van der Waals surface area contributed by atoms with Crippen molar-refractivity contribution in [1.82, 2.24) is 10.2 Å². The van der Waals surface area contributed by atoms with Crippen LogP contribution >= 0.6 is 34.7 Å². The van der Waals surface area contributed by atoms with Gasteiger partial charge >= 0.3 is 0 Å². The topological polar surface area (TPSA) is 76.3 Å². The third kappa shape index (κ3) is 3.93. The van der Waals surface area contributed by atoms with Gasteiger partial charge in [0.05, 0.1) is 17.0 Å². The smallest absolute Gasteiger partial charge is 0.297 e. The average Bonchev–Trinajstić information content (AvgIpc) is 3.46. The molecule has 172 valence electrons. The van der Waals surface area contributed by atoms with Gasteiger partial charge in [-0.1, -0.05) is 89.3 Å². The summed E-state index contributed by atoms with van der Waals surface area (Å²) in [6.07, 6.45) is 0. The van der Waals surface area contributed by atoms with Crippen molar-refractivity contribution in [2.45, 2.75) is 16.1 Å². The molecule has 6 rings (SSSR count). The molecule has 1 aliphatic heterocycles. The van der Waals surface area contributed by atoms with Gasteiger partial charge in [-0.15, -0.1) is 10.2 Å². The van der Waals surface area contributed by atoms with Crippen LogP contribution in [0, 0.1) is 0 Å². The number of rotatable bonds is 5. The number of carbonyl (C=O) groups excluding carboxylic acids is 1. The molecular formula is C26H16ClN3O3S2. The Morgan fingerprint density at radius 2 is 1.77 bits per heavy atom. The third-order valence-electron chi connectivity index (χ3n) is 5.75. The van der Waals surface area contributed by atoms with Crippen LogP contribution in [0.4, 0.5) is 5.13 Å². The number of amides is 1. The number of benzene rings is 3. The highest BCUT2D eigenvalue weighted by Gasteiger charge is 2.45. The van der Waals surface area contributed by atoms with Crippen molar-refractivity contribution in [2.75, 3.05) is 4.90 Å². The Morgan fingerprint density at radius 1 is 0.971 bits per heavy atom. The molecule has 0 N–H and O–H groups in total. The first-order valence-corrected chi connectivity index (χ1v) is 12.9. The molecule has 0 bridgehead atoms. The Bertz CT molecular complexity index is 1630. The summed E-state index contributed by atoms with van der Waals surface area (Å²) in [5.41, 5.74) is 2.27. The van der Waals surface area contributed by atoms with Crippen LogP contribution in [0.25, 0.3) is 11.0 Å². The molecule has 3 heterocycles. The number of hydrogen-bond donors (Lipinski definition) is 0. The second-order valence-corrected chi connectivity index (χ2v) is 10.5. The van der Waals surface area contributed by atoms with Gasteiger partial charge in [-0.3, -0.25) is 14.5 Å². The summed E-state index contributed by atoms with van der Waals surface area (Å²) in [6.45, 7) is 0. The van der Waals surface area contributed by atoms with E-state index in [0.29, 0.717) is 26.7 Å². The van der Waals surface area contributed by atoms with E-state index in [1.165, 1.54) is 16.2 Å². The minimum absolute atomic E-state index is 0.0207. The van der Waals surface area contributed by atoms with Crippen molar-refractivity contribution in [3.63, 3.8) is 0 Å². The van der Waals surface area contributed by atoms with Gasteiger partial charge < -0.3 is 4.42 Å². The van der Waals surface area contributed by atoms with Gasteiger partial charge in [-0.05, 0) is 35.4 Å². The van der Waals surface area contributed by atoms with Crippen LogP contribution in [-0.4, -0.2) is 16.1 Å². The lowest BCUT2D eigenvalue weighted by atomic mass is 9.99. The first kappa shape index (κ1) is 22.0. The number of para-hydroxylation sites is 1.